The molecule has 0 spiro atoms. The van der Waals surface area contributed by atoms with Crippen molar-refractivity contribution < 1.29 is 0 Å². The van der Waals surface area contributed by atoms with Crippen molar-refractivity contribution in [2.24, 2.45) is 0 Å². The largest absolute Gasteiger partial charge is 0.310 e. The Bertz CT molecular complexity index is 258. The highest BCUT2D eigenvalue weighted by Gasteiger charge is 2.24. The number of allylic oxidation sites excluding steroid dienone is 1. The lowest BCUT2D eigenvalue weighted by molar-refractivity contribution is 0.104. The first kappa shape index (κ1) is 15.7. The topological polar surface area (TPSA) is 18.5 Å². The molecule has 0 bridgehead atoms. The summed E-state index contributed by atoms with van der Waals surface area (Å²) in [6, 6.07) is 1.20. The Balaban J connectivity index is 2.54. The highest BCUT2D eigenvalue weighted by atomic mass is 15.3. The van der Waals surface area contributed by atoms with Crippen LogP contribution < -0.4 is 5.32 Å². The second-order valence-electron chi connectivity index (χ2n) is 5.94. The van der Waals surface area contributed by atoms with Gasteiger partial charge in [-0.25, -0.2) is 0 Å². The molecule has 1 aliphatic heterocycles. The molecule has 0 aromatic rings. The number of likely N-dealkylation sites (N-methyl/N-ethyl adjacent to an activating group) is 2. The van der Waals surface area contributed by atoms with E-state index in [1.807, 2.05) is 0 Å². The molecule has 3 heteroatoms. The summed E-state index contributed by atoms with van der Waals surface area (Å²) >= 11 is 0. The molecular weight excluding hydrogens is 222 g/mol. The van der Waals surface area contributed by atoms with Crippen molar-refractivity contribution in [3.63, 3.8) is 0 Å². The van der Waals surface area contributed by atoms with Crippen LogP contribution in [0.3, 0.4) is 0 Å². The summed E-state index contributed by atoms with van der Waals surface area (Å²) in [4.78, 5) is 4.96. The molecule has 3 nitrogen and oxygen atoms in total. The van der Waals surface area contributed by atoms with Crippen LogP contribution in [-0.4, -0.2) is 62.2 Å². The number of rotatable bonds is 6. The summed E-state index contributed by atoms with van der Waals surface area (Å²) in [5.74, 6) is 0. The number of nitrogens with one attached hydrogen (secondary N) is 1. The van der Waals surface area contributed by atoms with Gasteiger partial charge in [0.2, 0.25) is 0 Å². The van der Waals surface area contributed by atoms with Crippen molar-refractivity contribution in [2.75, 3.05) is 40.3 Å². The Kier molecular flexibility index (Phi) is 6.90. The van der Waals surface area contributed by atoms with Crippen LogP contribution >= 0.6 is 0 Å². The fourth-order valence-electron chi connectivity index (χ4n) is 2.59. The van der Waals surface area contributed by atoms with Crippen molar-refractivity contribution in [1.29, 1.82) is 0 Å². The smallest absolute Gasteiger partial charge is 0.0267 e. The third-order valence-electron chi connectivity index (χ3n) is 3.70. The molecule has 2 atom stereocenters. The predicted molar refractivity (Wildman–Crippen MR) is 80.0 cm³/mol. The van der Waals surface area contributed by atoms with Crippen LogP contribution in [0.5, 0.6) is 0 Å². The van der Waals surface area contributed by atoms with Gasteiger partial charge in [0.1, 0.15) is 0 Å². The molecule has 106 valence electrons. The number of piperazine rings is 1. The monoisotopic (exact) mass is 253 g/mol. The van der Waals surface area contributed by atoms with Crippen molar-refractivity contribution in [3.8, 4) is 0 Å². The average Bonchev–Trinajstić information content (AvgIpc) is 2.30. The van der Waals surface area contributed by atoms with E-state index in [-0.39, 0.29) is 0 Å². The molecule has 0 radical (unpaired) electrons. The van der Waals surface area contributed by atoms with E-state index in [9.17, 15) is 0 Å². The summed E-state index contributed by atoms with van der Waals surface area (Å²) in [5, 5.41) is 3.66. The zero-order valence-electron chi connectivity index (χ0n) is 12.9. The summed E-state index contributed by atoms with van der Waals surface area (Å²) in [6.07, 6.45) is 4.80. The highest BCUT2D eigenvalue weighted by molar-refractivity contribution is 5.02. The first-order chi connectivity index (χ1) is 8.52. The molecule has 0 aliphatic carbocycles. The molecule has 1 saturated heterocycles. The lowest BCUT2D eigenvalue weighted by Crippen LogP contribution is -2.52. The summed E-state index contributed by atoms with van der Waals surface area (Å²) in [5.41, 5.74) is 1.41. The first-order valence-electron chi connectivity index (χ1n) is 7.30. The van der Waals surface area contributed by atoms with E-state index in [1.54, 1.807) is 0 Å². The quantitative estimate of drug-likeness (QED) is 0.730. The Morgan fingerprint density at radius 1 is 1.33 bits per heavy atom. The summed E-state index contributed by atoms with van der Waals surface area (Å²) < 4.78 is 0. The van der Waals surface area contributed by atoms with E-state index >= 15 is 0 Å². The van der Waals surface area contributed by atoms with Crippen molar-refractivity contribution in [3.05, 3.63) is 11.6 Å². The second-order valence-corrected chi connectivity index (χ2v) is 5.94. The molecular formula is C15H31N3. The average molecular weight is 253 g/mol. The van der Waals surface area contributed by atoms with Crippen LogP contribution in [0.15, 0.2) is 11.6 Å². The minimum absolute atomic E-state index is 0.522. The van der Waals surface area contributed by atoms with Crippen LogP contribution in [0, 0.1) is 0 Å². The van der Waals surface area contributed by atoms with Gasteiger partial charge in [0.15, 0.2) is 0 Å². The number of hydrogen-bond donors (Lipinski definition) is 1. The predicted octanol–water partition coefficient (Wildman–Crippen LogP) is 1.96. The second kappa shape index (κ2) is 7.93. The van der Waals surface area contributed by atoms with Crippen molar-refractivity contribution in [1.82, 2.24) is 15.1 Å². The zero-order chi connectivity index (χ0) is 13.5. The van der Waals surface area contributed by atoms with E-state index in [4.69, 9.17) is 0 Å². The minimum Gasteiger partial charge on any atom is -0.310 e. The van der Waals surface area contributed by atoms with Crippen molar-refractivity contribution in [2.45, 2.75) is 45.7 Å². The van der Waals surface area contributed by atoms with Gasteiger partial charge >= 0.3 is 0 Å². The van der Waals surface area contributed by atoms with E-state index < -0.39 is 0 Å². The summed E-state index contributed by atoms with van der Waals surface area (Å²) in [6.45, 7) is 11.3. The molecule has 0 saturated carbocycles. The Hall–Kier alpha value is -0.380. The van der Waals surface area contributed by atoms with Crippen LogP contribution in [-0.2, 0) is 0 Å². The molecule has 1 heterocycles. The maximum absolute atomic E-state index is 3.66. The van der Waals surface area contributed by atoms with E-state index in [2.05, 4.69) is 56.1 Å². The van der Waals surface area contributed by atoms with Gasteiger partial charge in [0.05, 0.1) is 0 Å². The highest BCUT2D eigenvalue weighted by Crippen LogP contribution is 2.13. The molecule has 1 N–H and O–H groups in total. The normalized spacial score (nSPS) is 23.9. The Morgan fingerprint density at radius 2 is 2.06 bits per heavy atom. The van der Waals surface area contributed by atoms with Gasteiger partial charge in [-0.2, -0.15) is 0 Å². The van der Waals surface area contributed by atoms with Crippen molar-refractivity contribution >= 4 is 0 Å². The number of nitrogens with zero attached hydrogens (tertiary/aromatic N) is 2. The maximum atomic E-state index is 3.66. The number of hydrogen-bond acceptors (Lipinski definition) is 3. The van der Waals surface area contributed by atoms with Gasteiger partial charge in [-0.15, -0.1) is 0 Å². The molecule has 0 aromatic carbocycles. The SMILES string of the molecule is CCCNC(C=C(C)C)CC1CN(C)CCN1C. The lowest BCUT2D eigenvalue weighted by atomic mass is 10.0. The van der Waals surface area contributed by atoms with E-state index in [0.29, 0.717) is 12.1 Å². The van der Waals surface area contributed by atoms with Gasteiger partial charge in [0.25, 0.3) is 0 Å². The van der Waals surface area contributed by atoms with E-state index in [1.165, 1.54) is 38.0 Å². The van der Waals surface area contributed by atoms with Gasteiger partial charge in [-0.1, -0.05) is 18.6 Å². The minimum atomic E-state index is 0.522. The first-order valence-corrected chi connectivity index (χ1v) is 7.30. The standard InChI is InChI=1S/C15H31N3/c1-6-7-16-14(10-13(2)3)11-15-12-17(4)8-9-18(15)5/h10,14-16H,6-9,11-12H2,1-5H3. The molecule has 2 unspecified atom stereocenters. The lowest BCUT2D eigenvalue weighted by Gasteiger charge is -2.39. The van der Waals surface area contributed by atoms with Gasteiger partial charge in [-0.3, -0.25) is 0 Å². The maximum Gasteiger partial charge on any atom is 0.0267 e. The van der Waals surface area contributed by atoms with Crippen LogP contribution in [0.1, 0.15) is 33.6 Å². The third kappa shape index (κ3) is 5.51. The fraction of sp³-hybridized carbons (Fsp3) is 0.867. The van der Waals surface area contributed by atoms with Crippen LogP contribution in [0.25, 0.3) is 0 Å². The van der Waals surface area contributed by atoms with Gasteiger partial charge in [-0.05, 0) is 47.3 Å². The summed E-state index contributed by atoms with van der Waals surface area (Å²) in [7, 11) is 4.49. The molecule has 18 heavy (non-hydrogen) atoms. The zero-order valence-corrected chi connectivity index (χ0v) is 12.9. The molecule has 0 amide bonds. The van der Waals surface area contributed by atoms with Crippen LogP contribution in [0.2, 0.25) is 0 Å². The van der Waals surface area contributed by atoms with E-state index in [0.717, 1.165) is 6.54 Å². The molecule has 1 fully saturated rings. The Labute approximate surface area is 113 Å². The van der Waals surface area contributed by atoms with Gasteiger partial charge < -0.3 is 15.1 Å². The van der Waals surface area contributed by atoms with Crippen LogP contribution in [0.4, 0.5) is 0 Å². The Morgan fingerprint density at radius 3 is 2.67 bits per heavy atom. The third-order valence-corrected chi connectivity index (χ3v) is 3.70. The molecule has 0 aromatic heterocycles. The molecule has 1 aliphatic rings. The molecule has 1 rings (SSSR count). The fourth-order valence-corrected chi connectivity index (χ4v) is 2.59. The van der Waals surface area contributed by atoms with Gasteiger partial charge in [0, 0.05) is 31.7 Å².